The second-order valence-corrected chi connectivity index (χ2v) is 26.9. The third-order valence-corrected chi connectivity index (χ3v) is 18.5. The molecule has 6 heteroatoms. The molecule has 6 nitrogen and oxygen atoms in total. The summed E-state index contributed by atoms with van der Waals surface area (Å²) in [6, 6.07) is 80.4. The van der Waals surface area contributed by atoms with Gasteiger partial charge in [-0.25, -0.2) is 0 Å². The van der Waals surface area contributed by atoms with E-state index in [9.17, 15) is 0 Å². The van der Waals surface area contributed by atoms with E-state index >= 15 is 0 Å². The fourth-order valence-corrected chi connectivity index (χ4v) is 14.1. The molecule has 416 valence electrons. The van der Waals surface area contributed by atoms with E-state index in [4.69, 9.17) is 13.3 Å². The Morgan fingerprint density at radius 3 is 1.35 bits per heavy atom. The minimum Gasteiger partial charge on any atom is -0.456 e. The van der Waals surface area contributed by atoms with Crippen LogP contribution in [0.2, 0.25) is 0 Å². The first kappa shape index (κ1) is 50.5. The first-order valence-corrected chi connectivity index (χ1v) is 30.1. The lowest BCUT2D eigenvalue weighted by Crippen LogP contribution is -2.14. The number of hydrogen-bond donors (Lipinski definition) is 0. The Balaban J connectivity index is 0.982. The largest absolute Gasteiger partial charge is 0.456 e. The Bertz CT molecular complexity index is 5690. The highest BCUT2D eigenvalue weighted by Crippen LogP contribution is 2.54. The Labute approximate surface area is 498 Å². The minimum atomic E-state index is -0.110. The fraction of sp³-hybridized carbons (Fsp3) is 0.150. The van der Waals surface area contributed by atoms with E-state index in [1.807, 2.05) is 0 Å². The Morgan fingerprint density at radius 2 is 0.779 bits per heavy atom. The Kier molecular flexibility index (Phi) is 10.4. The highest BCUT2D eigenvalue weighted by Gasteiger charge is 2.32. The Morgan fingerprint density at radius 1 is 0.291 bits per heavy atom. The van der Waals surface area contributed by atoms with Crippen molar-refractivity contribution in [1.82, 2.24) is 4.40 Å². The lowest BCUT2D eigenvalue weighted by molar-refractivity contribution is 0.590. The lowest BCUT2D eigenvalue weighted by Gasteiger charge is -2.29. The van der Waals surface area contributed by atoms with E-state index in [-0.39, 0.29) is 16.2 Å². The van der Waals surface area contributed by atoms with Gasteiger partial charge in [0.2, 0.25) is 5.71 Å². The minimum absolute atomic E-state index is 0.101. The zero-order valence-corrected chi connectivity index (χ0v) is 49.9. The number of benzene rings is 12. The molecule has 0 saturated carbocycles. The first-order chi connectivity index (χ1) is 41.5. The van der Waals surface area contributed by atoms with Gasteiger partial charge < -0.3 is 23.1 Å². The second kappa shape index (κ2) is 17.8. The van der Waals surface area contributed by atoms with Gasteiger partial charge in [-0.15, -0.1) is 0 Å². The summed E-state index contributed by atoms with van der Waals surface area (Å²) < 4.78 is 23.6. The predicted molar refractivity (Wildman–Crippen MR) is 363 cm³/mol. The molecule has 0 unspecified atom stereocenters. The normalized spacial score (nSPS) is 12.9. The summed E-state index contributed by atoms with van der Waals surface area (Å²) >= 11 is 0. The molecule has 0 saturated heterocycles. The van der Waals surface area contributed by atoms with Crippen LogP contribution in [0.3, 0.4) is 0 Å². The molecule has 0 aliphatic rings. The van der Waals surface area contributed by atoms with Crippen molar-refractivity contribution >= 4 is 160 Å². The molecular formula is C80H63N3O3. The van der Waals surface area contributed by atoms with Crippen LogP contribution in [0.5, 0.6) is 0 Å². The van der Waals surface area contributed by atoms with Crippen molar-refractivity contribution in [3.8, 4) is 0 Å². The number of furan rings is 3. The van der Waals surface area contributed by atoms with Crippen LogP contribution in [-0.2, 0) is 16.2 Å². The first-order valence-electron chi connectivity index (χ1n) is 30.1. The molecule has 0 atom stereocenters. The molecular weight excluding hydrogens is 1050 g/mol. The molecule has 17 rings (SSSR count). The number of rotatable bonds is 6. The van der Waals surface area contributed by atoms with E-state index in [1.165, 1.54) is 43.6 Å². The fourth-order valence-electron chi connectivity index (χ4n) is 14.1. The lowest BCUT2D eigenvalue weighted by atomic mass is 9.86. The predicted octanol–water partition coefficient (Wildman–Crippen LogP) is 23.7. The Hall–Kier alpha value is -10.0. The third kappa shape index (κ3) is 7.38. The molecule has 0 amide bonds. The van der Waals surface area contributed by atoms with Gasteiger partial charge in [0.05, 0.1) is 27.8 Å². The van der Waals surface area contributed by atoms with Crippen molar-refractivity contribution in [2.45, 2.75) is 78.6 Å². The molecule has 0 fully saturated rings. The summed E-state index contributed by atoms with van der Waals surface area (Å²) in [6.45, 7) is 20.6. The van der Waals surface area contributed by atoms with Crippen molar-refractivity contribution in [2.24, 2.45) is 0 Å². The average molecular weight is 1110 g/mol. The molecule has 0 aliphatic heterocycles. The standard InChI is InChI=1S/C80H63N3O3/c1-78(2,3)48-20-16-22-51(40-48)81(53-31-33-59-69(43-53)84-67-37-28-46-18-10-12-24-55(46)72(59)67)63-36-35-61-71-58-27-15-14-26-57(58)64(45-65(71)83-76(61)75(63)74-62-42-50(80(7,8)9)30-39-66(62)86-77(74)83)82(52-23-17-21-49(41-52)79(4,5)6)54-32-34-60-70(44-54)85-68-38-29-47-19-11-13-25-56(47)73(60)68/h10-45H,1-9H3. The summed E-state index contributed by atoms with van der Waals surface area (Å²) in [5, 5.41) is 17.1. The van der Waals surface area contributed by atoms with Gasteiger partial charge in [-0.1, -0.05) is 184 Å². The SMILES string of the molecule is CC(C)(C)c1cccc(N(c2ccc3c(c2)oc2ccc4ccccc4c23)c2cc3c(c4ccccc24)c2ccc(N(c4cccc(C(C)(C)C)c4)c4ccc5c(c4)oc4ccc6ccccc6c45)c4c5c6cc(C(C)(C)C)ccc6oc5n3c24)c1. The van der Waals surface area contributed by atoms with E-state index in [0.29, 0.717) is 0 Å². The molecule has 86 heavy (non-hydrogen) atoms. The molecule has 0 N–H and O–H groups in total. The van der Waals surface area contributed by atoms with Gasteiger partial charge in [0, 0.05) is 83.4 Å². The quantitative estimate of drug-likeness (QED) is 0.166. The molecule has 0 bridgehead atoms. The maximum atomic E-state index is 7.40. The van der Waals surface area contributed by atoms with Crippen molar-refractivity contribution in [3.05, 3.63) is 235 Å². The van der Waals surface area contributed by atoms with Crippen LogP contribution in [-0.4, -0.2) is 4.40 Å². The summed E-state index contributed by atoms with van der Waals surface area (Å²) in [4.78, 5) is 4.91. The summed E-state index contributed by atoms with van der Waals surface area (Å²) in [5.74, 6) is 0. The van der Waals surface area contributed by atoms with E-state index in [2.05, 4.69) is 295 Å². The highest BCUT2D eigenvalue weighted by atomic mass is 16.3. The number of aromatic nitrogens is 1. The van der Waals surface area contributed by atoms with Crippen LogP contribution in [0.1, 0.15) is 79.0 Å². The van der Waals surface area contributed by atoms with Crippen molar-refractivity contribution in [3.63, 3.8) is 0 Å². The zero-order valence-electron chi connectivity index (χ0n) is 49.9. The molecule has 0 radical (unpaired) electrons. The molecule has 0 spiro atoms. The van der Waals surface area contributed by atoms with Crippen molar-refractivity contribution in [1.29, 1.82) is 0 Å². The van der Waals surface area contributed by atoms with Gasteiger partial charge in [-0.3, -0.25) is 4.40 Å². The van der Waals surface area contributed by atoms with Crippen LogP contribution in [0.15, 0.2) is 232 Å². The zero-order chi connectivity index (χ0) is 58.3. The molecule has 0 aliphatic carbocycles. The van der Waals surface area contributed by atoms with Crippen LogP contribution in [0.25, 0.3) is 125 Å². The number of fused-ring (bicyclic) bond motifs is 20. The second-order valence-electron chi connectivity index (χ2n) is 26.9. The molecule has 5 aromatic heterocycles. The number of nitrogens with zero attached hydrogens (tertiary/aromatic N) is 3. The van der Waals surface area contributed by atoms with Crippen LogP contribution < -0.4 is 9.80 Å². The summed E-state index contributed by atoms with van der Waals surface area (Å²) in [6.07, 6.45) is 0. The maximum Gasteiger partial charge on any atom is 0.213 e. The van der Waals surface area contributed by atoms with E-state index < -0.39 is 0 Å². The summed E-state index contributed by atoms with van der Waals surface area (Å²) in [7, 11) is 0. The summed E-state index contributed by atoms with van der Waals surface area (Å²) in [5.41, 5.74) is 16.9. The van der Waals surface area contributed by atoms with Gasteiger partial charge in [0.1, 0.15) is 27.9 Å². The van der Waals surface area contributed by atoms with Gasteiger partial charge in [-0.2, -0.15) is 0 Å². The van der Waals surface area contributed by atoms with Crippen molar-refractivity contribution in [2.75, 3.05) is 9.80 Å². The molecule has 12 aromatic carbocycles. The van der Waals surface area contributed by atoms with Crippen LogP contribution in [0, 0.1) is 0 Å². The average Bonchev–Trinajstić information content (AvgIpc) is 1.51. The topological polar surface area (TPSA) is 50.3 Å². The van der Waals surface area contributed by atoms with Gasteiger partial charge in [0.25, 0.3) is 0 Å². The van der Waals surface area contributed by atoms with Crippen molar-refractivity contribution < 1.29 is 13.3 Å². The van der Waals surface area contributed by atoms with Gasteiger partial charge >= 0.3 is 0 Å². The van der Waals surface area contributed by atoms with Crippen LogP contribution in [0.4, 0.5) is 34.1 Å². The molecule has 5 heterocycles. The van der Waals surface area contributed by atoms with Gasteiger partial charge in [0.15, 0.2) is 0 Å². The highest BCUT2D eigenvalue weighted by molar-refractivity contribution is 6.35. The smallest absolute Gasteiger partial charge is 0.213 e. The van der Waals surface area contributed by atoms with Crippen LogP contribution >= 0.6 is 0 Å². The third-order valence-electron chi connectivity index (χ3n) is 18.5. The number of anilines is 6. The van der Waals surface area contributed by atoms with E-state index in [1.54, 1.807) is 0 Å². The van der Waals surface area contributed by atoms with Gasteiger partial charge in [-0.05, 0) is 145 Å². The maximum absolute atomic E-state index is 7.40. The van der Waals surface area contributed by atoms with E-state index in [0.717, 1.165) is 133 Å². The monoisotopic (exact) mass is 1110 g/mol. The molecule has 17 aromatic rings. The number of hydrogen-bond acceptors (Lipinski definition) is 5.